The molecule has 1 heterocycles. The van der Waals surface area contributed by atoms with Crippen molar-refractivity contribution in [3.63, 3.8) is 0 Å². The molecule has 0 amide bonds. The van der Waals surface area contributed by atoms with Crippen LogP contribution in [0, 0.1) is 0 Å². The van der Waals surface area contributed by atoms with E-state index < -0.39 is 30.7 Å². The van der Waals surface area contributed by atoms with Crippen LogP contribution in [0.4, 0.5) is 0 Å². The van der Waals surface area contributed by atoms with Gasteiger partial charge in [0, 0.05) is 13.2 Å². The van der Waals surface area contributed by atoms with Gasteiger partial charge < -0.3 is 29.5 Å². The summed E-state index contributed by atoms with van der Waals surface area (Å²) in [4.78, 5) is 0. The fourth-order valence-electron chi connectivity index (χ4n) is 2.15. The Morgan fingerprint density at radius 3 is 2.00 bits per heavy atom. The van der Waals surface area contributed by atoms with Gasteiger partial charge >= 0.3 is 0 Å². The number of aliphatic hydroxyl groups is 3. The second-order valence-electron chi connectivity index (χ2n) is 5.12. The number of hydrogen-bond donors (Lipinski definition) is 3. The Labute approximate surface area is 120 Å². The smallest absolute Gasteiger partial charge is 0.184 e. The molecule has 0 aromatic heterocycles. The summed E-state index contributed by atoms with van der Waals surface area (Å²) in [6.45, 7) is 4.68. The summed E-state index contributed by atoms with van der Waals surface area (Å²) in [6, 6.07) is 0. The van der Waals surface area contributed by atoms with Gasteiger partial charge in [-0.3, -0.25) is 0 Å². The number of aliphatic hydroxyl groups excluding tert-OH is 3. The first-order valence-corrected chi connectivity index (χ1v) is 7.51. The summed E-state index contributed by atoms with van der Waals surface area (Å²) < 4.78 is 16.4. The Kier molecular flexibility index (Phi) is 8.60. The molecule has 6 nitrogen and oxygen atoms in total. The van der Waals surface area contributed by atoms with E-state index in [1.165, 1.54) is 0 Å². The summed E-state index contributed by atoms with van der Waals surface area (Å²) in [5.41, 5.74) is 0. The summed E-state index contributed by atoms with van der Waals surface area (Å²) in [5, 5.41) is 29.3. The Balaban J connectivity index is 2.63. The van der Waals surface area contributed by atoms with Crippen molar-refractivity contribution in [1.29, 1.82) is 0 Å². The maximum Gasteiger partial charge on any atom is 0.184 e. The van der Waals surface area contributed by atoms with Gasteiger partial charge in [0.25, 0.3) is 0 Å². The number of rotatable bonds is 9. The highest BCUT2D eigenvalue weighted by Crippen LogP contribution is 2.25. The van der Waals surface area contributed by atoms with Gasteiger partial charge in [-0.05, 0) is 12.8 Å². The van der Waals surface area contributed by atoms with Gasteiger partial charge in [-0.25, -0.2) is 0 Å². The lowest BCUT2D eigenvalue weighted by atomic mass is 9.98. The lowest BCUT2D eigenvalue weighted by Crippen LogP contribution is -2.60. The van der Waals surface area contributed by atoms with E-state index in [0.29, 0.717) is 13.2 Å². The zero-order valence-electron chi connectivity index (χ0n) is 12.4. The van der Waals surface area contributed by atoms with Crippen molar-refractivity contribution in [3.8, 4) is 0 Å². The molecule has 0 aliphatic carbocycles. The highest BCUT2D eigenvalue weighted by Gasteiger charge is 2.45. The molecule has 1 aliphatic rings. The summed E-state index contributed by atoms with van der Waals surface area (Å²) in [6.07, 6.45) is -0.765. The number of unbranched alkanes of at least 4 members (excludes halogenated alkanes) is 2. The van der Waals surface area contributed by atoms with Crippen LogP contribution in [-0.4, -0.2) is 65.8 Å². The van der Waals surface area contributed by atoms with E-state index in [-0.39, 0.29) is 6.61 Å². The van der Waals surface area contributed by atoms with Crippen molar-refractivity contribution in [3.05, 3.63) is 0 Å². The quantitative estimate of drug-likeness (QED) is 0.534. The first-order chi connectivity index (χ1) is 9.65. The molecule has 0 aromatic rings. The Hall–Kier alpha value is -0.240. The van der Waals surface area contributed by atoms with E-state index in [1.54, 1.807) is 0 Å². The zero-order valence-corrected chi connectivity index (χ0v) is 12.4. The van der Waals surface area contributed by atoms with Gasteiger partial charge in [-0.1, -0.05) is 26.7 Å². The van der Waals surface area contributed by atoms with Crippen molar-refractivity contribution in [1.82, 2.24) is 0 Å². The highest BCUT2D eigenvalue weighted by molar-refractivity contribution is 4.90. The third-order valence-corrected chi connectivity index (χ3v) is 3.43. The monoisotopic (exact) mass is 292 g/mol. The van der Waals surface area contributed by atoms with Crippen LogP contribution in [0.5, 0.6) is 0 Å². The molecule has 1 rings (SSSR count). The molecule has 0 aromatic carbocycles. The molecular formula is C14H28O6. The van der Waals surface area contributed by atoms with Crippen LogP contribution < -0.4 is 0 Å². The molecule has 1 fully saturated rings. The SMILES string of the molecule is CCCCOC1C(O)OC(CO)C(O)C1OCCCC. The molecule has 0 saturated carbocycles. The second kappa shape index (κ2) is 9.65. The maximum absolute atomic E-state index is 10.2. The molecule has 0 radical (unpaired) electrons. The molecule has 1 saturated heterocycles. The standard InChI is InChI=1S/C14H28O6/c1-3-5-7-18-12-11(16)10(9-15)20-14(17)13(12)19-8-6-4-2/h10-17H,3-9H2,1-2H3. The van der Waals surface area contributed by atoms with Crippen LogP contribution in [0.15, 0.2) is 0 Å². The van der Waals surface area contributed by atoms with E-state index in [9.17, 15) is 15.3 Å². The summed E-state index contributed by atoms with van der Waals surface area (Å²) >= 11 is 0. The van der Waals surface area contributed by atoms with Gasteiger partial charge in [0.15, 0.2) is 6.29 Å². The molecule has 0 spiro atoms. The Bertz CT molecular complexity index is 250. The van der Waals surface area contributed by atoms with Crippen molar-refractivity contribution < 1.29 is 29.5 Å². The minimum absolute atomic E-state index is 0.368. The third-order valence-electron chi connectivity index (χ3n) is 3.43. The van der Waals surface area contributed by atoms with Crippen LogP contribution in [0.1, 0.15) is 39.5 Å². The van der Waals surface area contributed by atoms with Gasteiger partial charge in [0.1, 0.15) is 24.4 Å². The number of hydrogen-bond acceptors (Lipinski definition) is 6. The fourth-order valence-corrected chi connectivity index (χ4v) is 2.15. The molecule has 0 bridgehead atoms. The largest absolute Gasteiger partial charge is 0.394 e. The van der Waals surface area contributed by atoms with Gasteiger partial charge in [0.2, 0.25) is 0 Å². The molecular weight excluding hydrogens is 264 g/mol. The van der Waals surface area contributed by atoms with Gasteiger partial charge in [0.05, 0.1) is 6.61 Å². The van der Waals surface area contributed by atoms with Crippen LogP contribution >= 0.6 is 0 Å². The maximum atomic E-state index is 10.2. The molecule has 3 N–H and O–H groups in total. The van der Waals surface area contributed by atoms with Crippen LogP contribution in [0.25, 0.3) is 0 Å². The van der Waals surface area contributed by atoms with Crippen molar-refractivity contribution in [2.24, 2.45) is 0 Å². The highest BCUT2D eigenvalue weighted by atomic mass is 16.7. The molecule has 6 heteroatoms. The number of ether oxygens (including phenoxy) is 3. The fraction of sp³-hybridized carbons (Fsp3) is 1.00. The minimum Gasteiger partial charge on any atom is -0.394 e. The van der Waals surface area contributed by atoms with Crippen LogP contribution in [-0.2, 0) is 14.2 Å². The predicted octanol–water partition coefficient (Wildman–Crippen LogP) is 0.427. The van der Waals surface area contributed by atoms with E-state index in [0.717, 1.165) is 25.7 Å². The average molecular weight is 292 g/mol. The van der Waals surface area contributed by atoms with Gasteiger partial charge in [-0.15, -0.1) is 0 Å². The molecule has 1 aliphatic heterocycles. The summed E-state index contributed by atoms with van der Waals surface area (Å²) in [7, 11) is 0. The van der Waals surface area contributed by atoms with Crippen molar-refractivity contribution >= 4 is 0 Å². The van der Waals surface area contributed by atoms with Crippen molar-refractivity contribution in [2.75, 3.05) is 19.8 Å². The molecule has 5 unspecified atom stereocenters. The van der Waals surface area contributed by atoms with E-state index in [4.69, 9.17) is 14.2 Å². The lowest BCUT2D eigenvalue weighted by molar-refractivity contribution is -0.303. The zero-order chi connectivity index (χ0) is 15.0. The molecule has 20 heavy (non-hydrogen) atoms. The van der Waals surface area contributed by atoms with E-state index in [1.807, 2.05) is 13.8 Å². The predicted molar refractivity (Wildman–Crippen MR) is 73.3 cm³/mol. The van der Waals surface area contributed by atoms with E-state index in [2.05, 4.69) is 0 Å². The first kappa shape index (κ1) is 17.8. The summed E-state index contributed by atoms with van der Waals surface area (Å²) in [5.74, 6) is 0. The Morgan fingerprint density at radius 2 is 1.50 bits per heavy atom. The second-order valence-corrected chi connectivity index (χ2v) is 5.12. The molecule has 120 valence electrons. The average Bonchev–Trinajstić information content (AvgIpc) is 2.45. The normalized spacial score (nSPS) is 34.4. The third kappa shape index (κ3) is 4.95. The van der Waals surface area contributed by atoms with E-state index >= 15 is 0 Å². The minimum atomic E-state index is -1.20. The Morgan fingerprint density at radius 1 is 0.950 bits per heavy atom. The topological polar surface area (TPSA) is 88.4 Å². The van der Waals surface area contributed by atoms with Crippen molar-refractivity contribution in [2.45, 2.75) is 70.2 Å². The van der Waals surface area contributed by atoms with Crippen LogP contribution in [0.2, 0.25) is 0 Å². The van der Waals surface area contributed by atoms with Crippen LogP contribution in [0.3, 0.4) is 0 Å². The van der Waals surface area contributed by atoms with Gasteiger partial charge in [-0.2, -0.15) is 0 Å². The molecule has 5 atom stereocenters. The lowest BCUT2D eigenvalue weighted by Gasteiger charge is -2.42. The first-order valence-electron chi connectivity index (χ1n) is 7.51.